The molecule has 1 saturated heterocycles. The Morgan fingerprint density at radius 2 is 2.08 bits per heavy atom. The normalized spacial score (nSPS) is 23.3. The SMILES string of the molecule is Cc1nc(C(=O)N[C@@H]2CCC(=O)N(C3CC3)[C@H]2c2ccnn2C)c(C)o1. The maximum atomic E-state index is 12.8. The average molecular weight is 357 g/mol. The van der Waals surface area contributed by atoms with E-state index in [1.165, 1.54) is 0 Å². The summed E-state index contributed by atoms with van der Waals surface area (Å²) in [5.74, 6) is 0.858. The second-order valence-corrected chi connectivity index (χ2v) is 7.11. The summed E-state index contributed by atoms with van der Waals surface area (Å²) >= 11 is 0. The van der Waals surface area contributed by atoms with E-state index in [4.69, 9.17) is 4.42 Å². The van der Waals surface area contributed by atoms with Crippen LogP contribution in [0.3, 0.4) is 0 Å². The number of rotatable bonds is 4. The fraction of sp³-hybridized carbons (Fsp3) is 0.556. The molecule has 1 aliphatic carbocycles. The number of aryl methyl sites for hydroxylation is 3. The molecule has 8 heteroatoms. The minimum atomic E-state index is -0.262. The van der Waals surface area contributed by atoms with Crippen LogP contribution in [0.15, 0.2) is 16.7 Å². The highest BCUT2D eigenvalue weighted by Gasteiger charge is 2.45. The van der Waals surface area contributed by atoms with E-state index in [2.05, 4.69) is 15.4 Å². The van der Waals surface area contributed by atoms with Gasteiger partial charge in [-0.25, -0.2) is 4.98 Å². The van der Waals surface area contributed by atoms with Crippen molar-refractivity contribution in [2.45, 2.75) is 57.7 Å². The van der Waals surface area contributed by atoms with Crippen LogP contribution in [0.2, 0.25) is 0 Å². The quantitative estimate of drug-likeness (QED) is 0.898. The van der Waals surface area contributed by atoms with Gasteiger partial charge in [-0.1, -0.05) is 0 Å². The molecule has 2 amide bonds. The predicted molar refractivity (Wildman–Crippen MR) is 92.3 cm³/mol. The Balaban J connectivity index is 1.64. The van der Waals surface area contributed by atoms with Gasteiger partial charge in [0.05, 0.1) is 17.8 Å². The van der Waals surface area contributed by atoms with Crippen molar-refractivity contribution in [1.29, 1.82) is 0 Å². The zero-order valence-corrected chi connectivity index (χ0v) is 15.2. The zero-order chi connectivity index (χ0) is 18.4. The maximum absolute atomic E-state index is 12.8. The van der Waals surface area contributed by atoms with Crippen molar-refractivity contribution >= 4 is 11.8 Å². The topological polar surface area (TPSA) is 93.3 Å². The Hall–Kier alpha value is -2.64. The molecule has 0 spiro atoms. The van der Waals surface area contributed by atoms with Gasteiger partial charge < -0.3 is 14.6 Å². The van der Waals surface area contributed by atoms with E-state index in [-0.39, 0.29) is 29.9 Å². The summed E-state index contributed by atoms with van der Waals surface area (Å²) < 4.78 is 7.16. The van der Waals surface area contributed by atoms with Crippen LogP contribution in [-0.2, 0) is 11.8 Å². The van der Waals surface area contributed by atoms with Crippen molar-refractivity contribution in [3.05, 3.63) is 35.3 Å². The largest absolute Gasteiger partial charge is 0.445 e. The van der Waals surface area contributed by atoms with Gasteiger partial charge in [-0.3, -0.25) is 14.3 Å². The van der Waals surface area contributed by atoms with Crippen LogP contribution < -0.4 is 5.32 Å². The number of piperidine rings is 1. The third kappa shape index (κ3) is 2.89. The van der Waals surface area contributed by atoms with Gasteiger partial charge in [0.25, 0.3) is 5.91 Å². The van der Waals surface area contributed by atoms with Gasteiger partial charge in [-0.05, 0) is 32.3 Å². The third-order valence-corrected chi connectivity index (χ3v) is 5.18. The number of carbonyl (C=O) groups is 2. The lowest BCUT2D eigenvalue weighted by molar-refractivity contribution is -0.138. The van der Waals surface area contributed by atoms with Crippen molar-refractivity contribution in [3.8, 4) is 0 Å². The Morgan fingerprint density at radius 3 is 2.65 bits per heavy atom. The highest BCUT2D eigenvalue weighted by Crippen LogP contribution is 2.40. The Kier molecular flexibility index (Phi) is 4.05. The summed E-state index contributed by atoms with van der Waals surface area (Å²) in [6, 6.07) is 1.78. The molecule has 4 rings (SSSR count). The molecule has 0 radical (unpaired) electrons. The summed E-state index contributed by atoms with van der Waals surface area (Å²) in [5, 5.41) is 7.35. The number of nitrogens with one attached hydrogen (secondary N) is 1. The highest BCUT2D eigenvalue weighted by molar-refractivity contribution is 5.93. The lowest BCUT2D eigenvalue weighted by Crippen LogP contribution is -2.53. The molecule has 3 heterocycles. The summed E-state index contributed by atoms with van der Waals surface area (Å²) in [5.41, 5.74) is 1.24. The van der Waals surface area contributed by atoms with Crippen molar-refractivity contribution in [2.24, 2.45) is 7.05 Å². The van der Waals surface area contributed by atoms with Gasteiger partial charge in [0.2, 0.25) is 5.91 Å². The number of amides is 2. The molecule has 138 valence electrons. The number of aromatic nitrogens is 3. The van der Waals surface area contributed by atoms with Crippen molar-refractivity contribution in [2.75, 3.05) is 0 Å². The first-order valence-electron chi connectivity index (χ1n) is 8.99. The molecule has 1 saturated carbocycles. The van der Waals surface area contributed by atoms with Crippen LogP contribution in [0.4, 0.5) is 0 Å². The Labute approximate surface area is 151 Å². The molecule has 1 N–H and O–H groups in total. The minimum Gasteiger partial charge on any atom is -0.445 e. The Bertz CT molecular complexity index is 851. The summed E-state index contributed by atoms with van der Waals surface area (Å²) in [6.07, 6.45) is 4.79. The molecule has 1 aliphatic heterocycles. The molecule has 2 aromatic heterocycles. The van der Waals surface area contributed by atoms with Crippen LogP contribution in [0.5, 0.6) is 0 Å². The molecule has 2 aromatic rings. The van der Waals surface area contributed by atoms with Crippen LogP contribution >= 0.6 is 0 Å². The van der Waals surface area contributed by atoms with Crippen LogP contribution in [-0.4, -0.2) is 43.6 Å². The number of oxazole rings is 1. The average Bonchev–Trinajstić information content (AvgIpc) is 3.25. The first-order chi connectivity index (χ1) is 12.5. The fourth-order valence-corrected chi connectivity index (χ4v) is 3.85. The minimum absolute atomic E-state index is 0.151. The standard InChI is InChI=1S/C18H23N5O3/c1-10-16(20-11(2)26-10)18(25)21-13-6-7-15(24)23(12-4-5-12)17(13)14-8-9-19-22(14)3/h8-9,12-13,17H,4-7H2,1-3H3,(H,21,25)/t13-,17-/m1/s1. The van der Waals surface area contributed by atoms with Gasteiger partial charge in [-0.15, -0.1) is 0 Å². The first-order valence-corrected chi connectivity index (χ1v) is 8.99. The van der Waals surface area contributed by atoms with E-state index in [0.717, 1.165) is 18.5 Å². The van der Waals surface area contributed by atoms with Gasteiger partial charge in [0.15, 0.2) is 11.6 Å². The molecule has 2 atom stereocenters. The van der Waals surface area contributed by atoms with Crippen molar-refractivity contribution < 1.29 is 14.0 Å². The monoisotopic (exact) mass is 357 g/mol. The van der Waals surface area contributed by atoms with Crippen LogP contribution in [0.25, 0.3) is 0 Å². The second-order valence-electron chi connectivity index (χ2n) is 7.11. The molecule has 2 fully saturated rings. The number of hydrogen-bond acceptors (Lipinski definition) is 5. The molecule has 26 heavy (non-hydrogen) atoms. The summed E-state index contributed by atoms with van der Waals surface area (Å²) in [4.78, 5) is 31.5. The smallest absolute Gasteiger partial charge is 0.273 e. The highest BCUT2D eigenvalue weighted by atomic mass is 16.4. The predicted octanol–water partition coefficient (Wildman–Crippen LogP) is 1.65. The van der Waals surface area contributed by atoms with Crippen LogP contribution in [0, 0.1) is 13.8 Å². The van der Waals surface area contributed by atoms with E-state index >= 15 is 0 Å². The van der Waals surface area contributed by atoms with Crippen molar-refractivity contribution in [1.82, 2.24) is 25.0 Å². The molecule has 2 aliphatic rings. The van der Waals surface area contributed by atoms with Gasteiger partial charge in [0, 0.05) is 32.6 Å². The Morgan fingerprint density at radius 1 is 1.31 bits per heavy atom. The second kappa shape index (κ2) is 6.26. The zero-order valence-electron chi connectivity index (χ0n) is 15.2. The van der Waals surface area contributed by atoms with E-state index in [0.29, 0.717) is 30.2 Å². The molecular formula is C18H23N5O3. The van der Waals surface area contributed by atoms with Gasteiger partial charge in [-0.2, -0.15) is 5.10 Å². The molecule has 8 nitrogen and oxygen atoms in total. The maximum Gasteiger partial charge on any atom is 0.273 e. The van der Waals surface area contributed by atoms with Gasteiger partial charge >= 0.3 is 0 Å². The van der Waals surface area contributed by atoms with Crippen molar-refractivity contribution in [3.63, 3.8) is 0 Å². The number of hydrogen-bond donors (Lipinski definition) is 1. The van der Waals surface area contributed by atoms with E-state index in [9.17, 15) is 9.59 Å². The van der Waals surface area contributed by atoms with E-state index in [1.807, 2.05) is 18.0 Å². The van der Waals surface area contributed by atoms with E-state index in [1.54, 1.807) is 24.7 Å². The molecular weight excluding hydrogens is 334 g/mol. The van der Waals surface area contributed by atoms with Gasteiger partial charge in [0.1, 0.15) is 5.76 Å². The summed E-state index contributed by atoms with van der Waals surface area (Å²) in [7, 11) is 1.86. The summed E-state index contributed by atoms with van der Waals surface area (Å²) in [6.45, 7) is 3.45. The lowest BCUT2D eigenvalue weighted by Gasteiger charge is -2.41. The molecule has 0 aromatic carbocycles. The van der Waals surface area contributed by atoms with E-state index < -0.39 is 0 Å². The lowest BCUT2D eigenvalue weighted by atomic mass is 9.92. The molecule has 0 unspecified atom stereocenters. The number of carbonyl (C=O) groups excluding carboxylic acids is 2. The molecule has 0 bridgehead atoms. The van der Waals surface area contributed by atoms with Crippen LogP contribution in [0.1, 0.15) is 59.6 Å². The third-order valence-electron chi connectivity index (χ3n) is 5.18. The first kappa shape index (κ1) is 16.8. The fourth-order valence-electron chi connectivity index (χ4n) is 3.85. The number of nitrogens with zero attached hydrogens (tertiary/aromatic N) is 4. The number of likely N-dealkylation sites (tertiary alicyclic amines) is 1.